The van der Waals surface area contributed by atoms with Crippen LogP contribution in [0.2, 0.25) is 0 Å². The van der Waals surface area contributed by atoms with E-state index in [9.17, 15) is 0 Å². The van der Waals surface area contributed by atoms with Gasteiger partial charge in [-0.05, 0) is 57.5 Å². The average molecular weight is 287 g/mol. The van der Waals surface area contributed by atoms with E-state index in [0.717, 1.165) is 31.2 Å². The quantitative estimate of drug-likeness (QED) is 0.881. The molecule has 0 aliphatic rings. The summed E-state index contributed by atoms with van der Waals surface area (Å²) in [5.74, 6) is 1.94. The van der Waals surface area contributed by atoms with E-state index < -0.39 is 0 Å². The molecule has 0 aliphatic carbocycles. The van der Waals surface area contributed by atoms with Gasteiger partial charge in [-0.3, -0.25) is 0 Å². The fourth-order valence-electron chi connectivity index (χ4n) is 2.06. The lowest BCUT2D eigenvalue weighted by Gasteiger charge is -2.23. The zero-order valence-corrected chi connectivity index (χ0v) is 13.4. The van der Waals surface area contributed by atoms with Crippen LogP contribution in [-0.2, 0) is 13.1 Å². The molecule has 0 aromatic carbocycles. The Bertz CT molecular complexity index is 543. The maximum atomic E-state index is 5.43. The van der Waals surface area contributed by atoms with Crippen molar-refractivity contribution >= 4 is 5.82 Å². The third kappa shape index (κ3) is 4.90. The third-order valence-electron chi connectivity index (χ3n) is 3.27. The van der Waals surface area contributed by atoms with Gasteiger partial charge < -0.3 is 14.6 Å². The van der Waals surface area contributed by atoms with Crippen LogP contribution in [0.5, 0.6) is 0 Å². The summed E-state index contributed by atoms with van der Waals surface area (Å²) in [6.45, 7) is 11.1. The highest BCUT2D eigenvalue weighted by Gasteiger charge is 2.11. The van der Waals surface area contributed by atoms with Gasteiger partial charge in [0, 0.05) is 24.8 Å². The summed E-state index contributed by atoms with van der Waals surface area (Å²) in [5, 5.41) is 3.50. The summed E-state index contributed by atoms with van der Waals surface area (Å²) >= 11 is 0. The molecule has 2 aromatic rings. The summed E-state index contributed by atoms with van der Waals surface area (Å²) in [4.78, 5) is 6.70. The van der Waals surface area contributed by atoms with E-state index in [1.165, 1.54) is 5.56 Å². The van der Waals surface area contributed by atoms with Gasteiger partial charge in [-0.15, -0.1) is 0 Å². The molecule has 0 radical (unpaired) electrons. The van der Waals surface area contributed by atoms with E-state index in [2.05, 4.69) is 55.0 Å². The van der Waals surface area contributed by atoms with Crippen molar-refractivity contribution in [3.63, 3.8) is 0 Å². The SMILES string of the molecule is CCN(Cc1ccco1)c1cc(CNC(C)(C)C)ccn1. The molecule has 0 spiro atoms. The predicted molar refractivity (Wildman–Crippen MR) is 86.3 cm³/mol. The summed E-state index contributed by atoms with van der Waals surface area (Å²) in [5.41, 5.74) is 1.36. The Morgan fingerprint density at radius 3 is 2.71 bits per heavy atom. The second-order valence-electron chi connectivity index (χ2n) is 6.22. The maximum Gasteiger partial charge on any atom is 0.129 e. The van der Waals surface area contributed by atoms with Crippen molar-refractivity contribution in [2.24, 2.45) is 0 Å². The van der Waals surface area contributed by atoms with Crippen LogP contribution in [0.3, 0.4) is 0 Å². The zero-order valence-electron chi connectivity index (χ0n) is 13.4. The molecule has 2 aromatic heterocycles. The topological polar surface area (TPSA) is 41.3 Å². The Kier molecular flexibility index (Phi) is 5.02. The highest BCUT2D eigenvalue weighted by molar-refractivity contribution is 5.41. The number of anilines is 1. The van der Waals surface area contributed by atoms with Gasteiger partial charge in [0.1, 0.15) is 11.6 Å². The molecule has 0 unspecified atom stereocenters. The molecule has 0 atom stereocenters. The minimum Gasteiger partial charge on any atom is -0.467 e. The molecule has 0 saturated heterocycles. The molecular weight excluding hydrogens is 262 g/mol. The van der Waals surface area contributed by atoms with E-state index >= 15 is 0 Å². The first kappa shape index (κ1) is 15.6. The van der Waals surface area contributed by atoms with Crippen molar-refractivity contribution in [3.8, 4) is 0 Å². The molecule has 0 fully saturated rings. The molecule has 0 bridgehead atoms. The lowest BCUT2D eigenvalue weighted by atomic mass is 10.1. The maximum absolute atomic E-state index is 5.43. The first-order valence-electron chi connectivity index (χ1n) is 7.45. The minimum absolute atomic E-state index is 0.113. The summed E-state index contributed by atoms with van der Waals surface area (Å²) in [7, 11) is 0. The van der Waals surface area contributed by atoms with Crippen molar-refractivity contribution in [1.82, 2.24) is 10.3 Å². The number of aromatic nitrogens is 1. The Morgan fingerprint density at radius 2 is 2.10 bits per heavy atom. The van der Waals surface area contributed by atoms with Crippen LogP contribution in [0.15, 0.2) is 41.1 Å². The molecule has 2 rings (SSSR count). The number of furan rings is 1. The van der Waals surface area contributed by atoms with Crippen molar-refractivity contribution < 1.29 is 4.42 Å². The first-order valence-corrected chi connectivity index (χ1v) is 7.45. The number of pyridine rings is 1. The zero-order chi connectivity index (χ0) is 15.3. The van der Waals surface area contributed by atoms with Gasteiger partial charge in [0.25, 0.3) is 0 Å². The minimum atomic E-state index is 0.113. The smallest absolute Gasteiger partial charge is 0.129 e. The number of rotatable bonds is 6. The van der Waals surface area contributed by atoms with Crippen LogP contribution in [0.25, 0.3) is 0 Å². The van der Waals surface area contributed by atoms with Gasteiger partial charge in [0.15, 0.2) is 0 Å². The van der Waals surface area contributed by atoms with Crippen LogP contribution in [0.1, 0.15) is 39.0 Å². The molecular formula is C17H25N3O. The monoisotopic (exact) mass is 287 g/mol. The molecule has 4 nitrogen and oxygen atoms in total. The van der Waals surface area contributed by atoms with E-state index in [0.29, 0.717) is 0 Å². The summed E-state index contributed by atoms with van der Waals surface area (Å²) in [6.07, 6.45) is 3.58. The molecule has 21 heavy (non-hydrogen) atoms. The van der Waals surface area contributed by atoms with Crippen molar-refractivity contribution in [2.45, 2.75) is 46.3 Å². The summed E-state index contributed by atoms with van der Waals surface area (Å²) in [6, 6.07) is 8.11. The van der Waals surface area contributed by atoms with Gasteiger partial charge in [-0.2, -0.15) is 0 Å². The predicted octanol–water partition coefficient (Wildman–Crippen LogP) is 3.59. The van der Waals surface area contributed by atoms with E-state index in [-0.39, 0.29) is 5.54 Å². The standard InChI is InChI=1S/C17H25N3O/c1-5-20(13-15-7-6-10-21-15)16-11-14(8-9-18-16)12-19-17(2,3)4/h6-11,19H,5,12-13H2,1-4H3. The largest absolute Gasteiger partial charge is 0.467 e. The number of hydrogen-bond acceptors (Lipinski definition) is 4. The second kappa shape index (κ2) is 6.76. The summed E-state index contributed by atoms with van der Waals surface area (Å²) < 4.78 is 5.43. The molecule has 4 heteroatoms. The van der Waals surface area contributed by atoms with Gasteiger partial charge in [0.2, 0.25) is 0 Å². The van der Waals surface area contributed by atoms with Crippen molar-refractivity contribution in [2.75, 3.05) is 11.4 Å². The van der Waals surface area contributed by atoms with Crippen LogP contribution in [0.4, 0.5) is 5.82 Å². The van der Waals surface area contributed by atoms with E-state index in [1.54, 1.807) is 6.26 Å². The van der Waals surface area contributed by atoms with Crippen LogP contribution < -0.4 is 10.2 Å². The molecule has 114 valence electrons. The Morgan fingerprint density at radius 1 is 1.29 bits per heavy atom. The highest BCUT2D eigenvalue weighted by atomic mass is 16.3. The molecule has 0 saturated carbocycles. The van der Waals surface area contributed by atoms with Gasteiger partial charge in [-0.1, -0.05) is 0 Å². The number of hydrogen-bond donors (Lipinski definition) is 1. The molecule has 1 N–H and O–H groups in total. The van der Waals surface area contributed by atoms with Crippen molar-refractivity contribution in [3.05, 3.63) is 48.0 Å². The lowest BCUT2D eigenvalue weighted by Crippen LogP contribution is -2.35. The molecule has 0 aliphatic heterocycles. The van der Waals surface area contributed by atoms with Crippen LogP contribution in [0, 0.1) is 0 Å². The van der Waals surface area contributed by atoms with Crippen LogP contribution >= 0.6 is 0 Å². The first-order chi connectivity index (χ1) is 9.98. The van der Waals surface area contributed by atoms with E-state index in [1.807, 2.05) is 18.3 Å². The van der Waals surface area contributed by atoms with Gasteiger partial charge >= 0.3 is 0 Å². The fraction of sp³-hybridized carbons (Fsp3) is 0.471. The Labute approximate surface area is 127 Å². The molecule has 0 amide bonds. The lowest BCUT2D eigenvalue weighted by molar-refractivity contribution is 0.424. The van der Waals surface area contributed by atoms with Crippen molar-refractivity contribution in [1.29, 1.82) is 0 Å². The normalized spacial score (nSPS) is 11.6. The molecule has 2 heterocycles. The van der Waals surface area contributed by atoms with Gasteiger partial charge in [-0.25, -0.2) is 4.98 Å². The number of nitrogens with zero attached hydrogens (tertiary/aromatic N) is 2. The third-order valence-corrected chi connectivity index (χ3v) is 3.27. The highest BCUT2D eigenvalue weighted by Crippen LogP contribution is 2.16. The fourth-order valence-corrected chi connectivity index (χ4v) is 2.06. The van der Waals surface area contributed by atoms with Crippen LogP contribution in [-0.4, -0.2) is 17.1 Å². The second-order valence-corrected chi connectivity index (χ2v) is 6.22. The number of nitrogens with one attached hydrogen (secondary N) is 1. The average Bonchev–Trinajstić information content (AvgIpc) is 2.95. The Balaban J connectivity index is 2.07. The van der Waals surface area contributed by atoms with Gasteiger partial charge in [0.05, 0.1) is 12.8 Å². The Hall–Kier alpha value is -1.81. The van der Waals surface area contributed by atoms with E-state index in [4.69, 9.17) is 4.42 Å².